The third kappa shape index (κ3) is 3.49. The van der Waals surface area contributed by atoms with Crippen LogP contribution in [0.15, 0.2) is 24.8 Å². The third-order valence-corrected chi connectivity index (χ3v) is 5.35. The van der Waals surface area contributed by atoms with Gasteiger partial charge in [0.2, 0.25) is 0 Å². The van der Waals surface area contributed by atoms with Crippen LogP contribution in [0.1, 0.15) is 29.6 Å². The van der Waals surface area contributed by atoms with E-state index in [1.165, 1.54) is 0 Å². The molecule has 0 aliphatic carbocycles. The van der Waals surface area contributed by atoms with Crippen LogP contribution >= 0.6 is 12.2 Å². The fraction of sp³-hybridized carbons (Fsp3) is 0.474. The van der Waals surface area contributed by atoms with E-state index >= 15 is 0 Å². The number of ether oxygens (including phenoxy) is 3. The van der Waals surface area contributed by atoms with Crippen LogP contribution in [0.4, 0.5) is 0 Å². The minimum atomic E-state index is -0.494. The second-order valence-electron chi connectivity index (χ2n) is 6.55. The summed E-state index contributed by atoms with van der Waals surface area (Å²) >= 11 is 5.41. The largest absolute Gasteiger partial charge is 0.496 e. The first-order valence-electron chi connectivity index (χ1n) is 8.64. The summed E-state index contributed by atoms with van der Waals surface area (Å²) in [5, 5.41) is 3.86. The van der Waals surface area contributed by atoms with Crippen LogP contribution < -0.4 is 19.5 Å². The van der Waals surface area contributed by atoms with Gasteiger partial charge in [0.1, 0.15) is 28.4 Å². The number of ketones is 1. The number of hydrogen-bond acceptors (Lipinski definition) is 5. The smallest absolute Gasteiger partial charge is 0.174 e. The number of Topliss-reactive ketones (excluding diaryl/α,β-unsaturated/α-hetero) is 1. The average molecular weight is 376 g/mol. The lowest BCUT2D eigenvalue weighted by Crippen LogP contribution is -2.54. The minimum absolute atomic E-state index is 0.0477. The molecular formula is C19H24N2O4S. The zero-order valence-electron chi connectivity index (χ0n) is 15.2. The maximum absolute atomic E-state index is 12.8. The molecule has 2 aliphatic rings. The molecule has 1 saturated heterocycles. The van der Waals surface area contributed by atoms with E-state index in [0.717, 1.165) is 25.9 Å². The van der Waals surface area contributed by atoms with Crippen molar-refractivity contribution in [2.24, 2.45) is 0 Å². The van der Waals surface area contributed by atoms with E-state index in [2.05, 4.69) is 16.8 Å². The summed E-state index contributed by atoms with van der Waals surface area (Å²) in [6.45, 7) is 5.81. The van der Waals surface area contributed by atoms with Crippen LogP contribution in [0.5, 0.6) is 17.2 Å². The number of carbonyl (C=O) groups excluding carboxylic acids is 1. The quantitative estimate of drug-likeness (QED) is 0.640. The lowest BCUT2D eigenvalue weighted by atomic mass is 9.82. The predicted molar refractivity (Wildman–Crippen MR) is 103 cm³/mol. The number of nitrogens with one attached hydrogen (secondary N) is 1. The molecule has 0 saturated carbocycles. The summed E-state index contributed by atoms with van der Waals surface area (Å²) in [5.41, 5.74) is 0.0102. The molecule has 6 nitrogen and oxygen atoms in total. The van der Waals surface area contributed by atoms with Crippen LogP contribution in [0, 0.1) is 0 Å². The Balaban J connectivity index is 1.78. The molecule has 1 fully saturated rings. The Kier molecular flexibility index (Phi) is 5.36. The number of rotatable bonds is 4. The monoisotopic (exact) mass is 376 g/mol. The molecule has 3 rings (SSSR count). The van der Waals surface area contributed by atoms with Crippen molar-refractivity contribution in [3.8, 4) is 17.2 Å². The number of methoxy groups -OCH3 is 2. The summed E-state index contributed by atoms with van der Waals surface area (Å²) < 4.78 is 17.0. The second-order valence-corrected chi connectivity index (χ2v) is 6.94. The lowest BCUT2D eigenvalue weighted by molar-refractivity contribution is 0.00311. The summed E-state index contributed by atoms with van der Waals surface area (Å²) in [6.07, 6.45) is 3.59. The highest BCUT2D eigenvalue weighted by Gasteiger charge is 2.44. The van der Waals surface area contributed by atoms with Crippen molar-refractivity contribution in [1.29, 1.82) is 0 Å². The van der Waals surface area contributed by atoms with Gasteiger partial charge in [-0.1, -0.05) is 6.08 Å². The molecule has 1 spiro atoms. The highest BCUT2D eigenvalue weighted by Crippen LogP contribution is 2.44. The molecule has 0 atom stereocenters. The number of fused-ring (bicyclic) bond motifs is 1. The number of thiocarbonyl (C=S) groups is 1. The number of nitrogens with zero attached hydrogens (tertiary/aromatic N) is 1. The van der Waals surface area contributed by atoms with Crippen molar-refractivity contribution < 1.29 is 19.0 Å². The normalized spacial score (nSPS) is 17.9. The van der Waals surface area contributed by atoms with Gasteiger partial charge in [-0.3, -0.25) is 4.79 Å². The Hall–Kier alpha value is -2.28. The molecule has 0 bridgehead atoms. The van der Waals surface area contributed by atoms with E-state index < -0.39 is 5.60 Å². The molecule has 0 radical (unpaired) electrons. The maximum Gasteiger partial charge on any atom is 0.174 e. The molecule has 0 unspecified atom stereocenters. The van der Waals surface area contributed by atoms with Gasteiger partial charge in [0, 0.05) is 44.6 Å². The van der Waals surface area contributed by atoms with Gasteiger partial charge in [-0.05, 0) is 12.2 Å². The van der Waals surface area contributed by atoms with Crippen LogP contribution in [0.3, 0.4) is 0 Å². The first kappa shape index (κ1) is 18.5. The fourth-order valence-electron chi connectivity index (χ4n) is 3.52. The second kappa shape index (κ2) is 7.53. The summed E-state index contributed by atoms with van der Waals surface area (Å²) in [6, 6.07) is 3.48. The van der Waals surface area contributed by atoms with Crippen molar-refractivity contribution in [3.63, 3.8) is 0 Å². The maximum atomic E-state index is 12.8. The Morgan fingerprint density at radius 1 is 1.38 bits per heavy atom. The van der Waals surface area contributed by atoms with Crippen molar-refractivity contribution in [3.05, 3.63) is 30.4 Å². The zero-order chi connectivity index (χ0) is 18.7. The average Bonchev–Trinajstić information content (AvgIpc) is 2.65. The molecule has 140 valence electrons. The van der Waals surface area contributed by atoms with Gasteiger partial charge in [0.25, 0.3) is 0 Å². The number of hydrogen-bond donors (Lipinski definition) is 1. The van der Waals surface area contributed by atoms with Gasteiger partial charge in [-0.15, -0.1) is 6.58 Å². The van der Waals surface area contributed by atoms with E-state index in [1.807, 2.05) is 0 Å². The highest BCUT2D eigenvalue weighted by atomic mass is 32.1. The molecular weight excluding hydrogens is 352 g/mol. The topological polar surface area (TPSA) is 60.0 Å². The first-order valence-corrected chi connectivity index (χ1v) is 9.04. The number of benzene rings is 1. The molecule has 0 amide bonds. The molecule has 26 heavy (non-hydrogen) atoms. The van der Waals surface area contributed by atoms with Gasteiger partial charge < -0.3 is 24.4 Å². The molecule has 1 N–H and O–H groups in total. The van der Waals surface area contributed by atoms with Crippen LogP contribution in [0.25, 0.3) is 0 Å². The Labute approximate surface area is 159 Å². The highest BCUT2D eigenvalue weighted by molar-refractivity contribution is 7.80. The van der Waals surface area contributed by atoms with Crippen molar-refractivity contribution in [1.82, 2.24) is 10.2 Å². The summed E-state index contributed by atoms with van der Waals surface area (Å²) in [5.74, 6) is 1.69. The standard InChI is InChI=1S/C19H24N2O4S/c1-4-7-20-18(26)21-8-5-19(6-9-21)12-14(22)17-15(24-3)10-13(23-2)11-16(17)25-19/h4,10-11H,1,5-9,12H2,2-3H3,(H,20,26). The number of likely N-dealkylation sites (tertiary alicyclic amines) is 1. The van der Waals surface area contributed by atoms with E-state index in [4.69, 9.17) is 26.4 Å². The van der Waals surface area contributed by atoms with E-state index in [1.54, 1.807) is 32.4 Å². The summed E-state index contributed by atoms with van der Waals surface area (Å²) in [4.78, 5) is 14.9. The Morgan fingerprint density at radius 2 is 2.12 bits per heavy atom. The molecule has 0 aromatic heterocycles. The zero-order valence-corrected chi connectivity index (χ0v) is 16.0. The lowest BCUT2D eigenvalue weighted by Gasteiger charge is -2.44. The molecule has 1 aromatic rings. The van der Waals surface area contributed by atoms with E-state index in [0.29, 0.717) is 40.9 Å². The van der Waals surface area contributed by atoms with Crippen molar-refractivity contribution in [2.45, 2.75) is 24.9 Å². The van der Waals surface area contributed by atoms with Crippen molar-refractivity contribution in [2.75, 3.05) is 33.9 Å². The Morgan fingerprint density at radius 3 is 2.73 bits per heavy atom. The minimum Gasteiger partial charge on any atom is -0.496 e. The third-order valence-electron chi connectivity index (χ3n) is 4.94. The van der Waals surface area contributed by atoms with Crippen LogP contribution in [-0.4, -0.2) is 55.3 Å². The fourth-order valence-corrected chi connectivity index (χ4v) is 3.78. The number of carbonyl (C=O) groups is 1. The Bertz CT molecular complexity index is 726. The summed E-state index contributed by atoms with van der Waals surface area (Å²) in [7, 11) is 3.12. The van der Waals surface area contributed by atoms with Crippen LogP contribution in [-0.2, 0) is 0 Å². The van der Waals surface area contributed by atoms with Gasteiger partial charge in [-0.2, -0.15) is 0 Å². The molecule has 7 heteroatoms. The van der Waals surface area contributed by atoms with Gasteiger partial charge >= 0.3 is 0 Å². The SMILES string of the molecule is C=CCNC(=S)N1CCC2(CC1)CC(=O)c1c(OC)cc(OC)cc1O2. The molecule has 2 heterocycles. The van der Waals surface area contributed by atoms with E-state index in [-0.39, 0.29) is 5.78 Å². The van der Waals surface area contributed by atoms with E-state index in [9.17, 15) is 4.79 Å². The van der Waals surface area contributed by atoms with Gasteiger partial charge in [-0.25, -0.2) is 0 Å². The van der Waals surface area contributed by atoms with Crippen molar-refractivity contribution >= 4 is 23.1 Å². The molecule has 1 aromatic carbocycles. The number of piperidine rings is 1. The van der Waals surface area contributed by atoms with Crippen LogP contribution in [0.2, 0.25) is 0 Å². The molecule has 2 aliphatic heterocycles. The first-order chi connectivity index (χ1) is 12.5. The predicted octanol–water partition coefficient (Wildman–Crippen LogP) is 2.56. The van der Waals surface area contributed by atoms with Gasteiger partial charge in [0.15, 0.2) is 10.9 Å². The van der Waals surface area contributed by atoms with Gasteiger partial charge in [0.05, 0.1) is 20.6 Å².